The van der Waals surface area contributed by atoms with Gasteiger partial charge in [0.2, 0.25) is 5.88 Å². The molecule has 1 heterocycles. The van der Waals surface area contributed by atoms with Gasteiger partial charge in [0.15, 0.2) is 17.3 Å². The Labute approximate surface area is 222 Å². The summed E-state index contributed by atoms with van der Waals surface area (Å²) in [6.45, 7) is 2.51. The van der Waals surface area contributed by atoms with Gasteiger partial charge in [-0.2, -0.15) is 0 Å². The molecule has 2 aromatic carbocycles. The number of rotatable bonds is 7. The maximum Gasteiger partial charge on any atom is 0.340 e. The highest BCUT2D eigenvalue weighted by Crippen LogP contribution is 2.47. The standard InChI is InChI=1S/C26H25ClINO6/c1-3-33-20-12-15(11-17(28)24(20)34-13-14-7-4-5-8-16(14)27)21-22-18(30)9-6-10-19(22)35-25(29)23(21)26(31)32-2/h4-5,7-8,11-12,21H,3,6,9-10,13,29H2,1-2H3/t21-/m1/s1. The smallest absolute Gasteiger partial charge is 0.340 e. The largest absolute Gasteiger partial charge is 0.490 e. The lowest BCUT2D eigenvalue weighted by Gasteiger charge is -2.32. The van der Waals surface area contributed by atoms with Gasteiger partial charge >= 0.3 is 5.97 Å². The van der Waals surface area contributed by atoms with E-state index < -0.39 is 11.9 Å². The molecule has 184 valence electrons. The van der Waals surface area contributed by atoms with Gasteiger partial charge in [0.05, 0.1) is 23.2 Å². The molecule has 9 heteroatoms. The lowest BCUT2D eigenvalue weighted by Crippen LogP contribution is -2.31. The quantitative estimate of drug-likeness (QED) is 0.332. The van der Waals surface area contributed by atoms with Crippen LogP contribution in [0.3, 0.4) is 0 Å². The second-order valence-corrected chi connectivity index (χ2v) is 9.63. The van der Waals surface area contributed by atoms with Crippen molar-refractivity contribution < 1.29 is 28.5 Å². The van der Waals surface area contributed by atoms with Crippen LogP contribution in [-0.4, -0.2) is 25.5 Å². The molecule has 0 radical (unpaired) electrons. The van der Waals surface area contributed by atoms with Crippen LogP contribution in [0.5, 0.6) is 11.5 Å². The van der Waals surface area contributed by atoms with Crippen LogP contribution in [0.25, 0.3) is 0 Å². The van der Waals surface area contributed by atoms with Gasteiger partial charge in [-0.1, -0.05) is 29.8 Å². The Morgan fingerprint density at radius 3 is 2.71 bits per heavy atom. The van der Waals surface area contributed by atoms with Gasteiger partial charge in [-0.3, -0.25) is 4.79 Å². The lowest BCUT2D eigenvalue weighted by molar-refractivity contribution is -0.136. The summed E-state index contributed by atoms with van der Waals surface area (Å²) in [5.74, 6) is 0.0294. The maximum absolute atomic E-state index is 13.0. The van der Waals surface area contributed by atoms with Crippen molar-refractivity contribution in [2.75, 3.05) is 13.7 Å². The van der Waals surface area contributed by atoms with E-state index in [2.05, 4.69) is 22.6 Å². The molecule has 1 aliphatic heterocycles. The number of ether oxygens (including phenoxy) is 4. The molecule has 0 amide bonds. The minimum absolute atomic E-state index is 0.0534. The minimum atomic E-state index is -0.732. The van der Waals surface area contributed by atoms with E-state index in [4.69, 9.17) is 36.3 Å². The van der Waals surface area contributed by atoms with Gasteiger partial charge in [0, 0.05) is 29.0 Å². The Morgan fingerprint density at radius 1 is 1.23 bits per heavy atom. The van der Waals surface area contributed by atoms with Crippen molar-refractivity contribution in [2.24, 2.45) is 5.73 Å². The molecule has 2 aromatic rings. The second-order valence-electron chi connectivity index (χ2n) is 8.06. The zero-order valence-corrected chi connectivity index (χ0v) is 22.3. The fourth-order valence-corrected chi connectivity index (χ4v) is 5.29. The van der Waals surface area contributed by atoms with Gasteiger partial charge in [-0.15, -0.1) is 0 Å². The first-order valence-electron chi connectivity index (χ1n) is 11.2. The van der Waals surface area contributed by atoms with Crippen LogP contribution >= 0.6 is 34.2 Å². The summed E-state index contributed by atoms with van der Waals surface area (Å²) in [4.78, 5) is 25.8. The Hall–Kier alpha value is -2.72. The molecule has 0 spiro atoms. The fraction of sp³-hybridized carbons (Fsp3) is 0.308. The van der Waals surface area contributed by atoms with Crippen molar-refractivity contribution in [3.8, 4) is 11.5 Å². The Kier molecular flexibility index (Phi) is 7.91. The zero-order chi connectivity index (χ0) is 25.1. The average Bonchev–Trinajstić information content (AvgIpc) is 2.83. The lowest BCUT2D eigenvalue weighted by atomic mass is 9.77. The minimum Gasteiger partial charge on any atom is -0.490 e. The molecule has 4 rings (SSSR count). The summed E-state index contributed by atoms with van der Waals surface area (Å²) in [5, 5.41) is 0.609. The van der Waals surface area contributed by atoms with Crippen LogP contribution in [0.2, 0.25) is 5.02 Å². The Bertz CT molecular complexity index is 1240. The van der Waals surface area contributed by atoms with Crippen LogP contribution in [0.1, 0.15) is 43.2 Å². The summed E-state index contributed by atoms with van der Waals surface area (Å²) in [6, 6.07) is 11.1. The first-order valence-corrected chi connectivity index (χ1v) is 12.7. The third-order valence-electron chi connectivity index (χ3n) is 5.88. The molecule has 2 aliphatic rings. The van der Waals surface area contributed by atoms with Gasteiger partial charge in [0.1, 0.15) is 17.9 Å². The van der Waals surface area contributed by atoms with Crippen LogP contribution in [0.4, 0.5) is 0 Å². The molecule has 35 heavy (non-hydrogen) atoms. The number of benzene rings is 2. The molecule has 1 aliphatic carbocycles. The van der Waals surface area contributed by atoms with Gasteiger partial charge in [-0.25, -0.2) is 4.79 Å². The molecular weight excluding hydrogens is 585 g/mol. The normalized spacial score (nSPS) is 17.6. The molecule has 0 unspecified atom stereocenters. The molecule has 7 nitrogen and oxygen atoms in total. The van der Waals surface area contributed by atoms with Gasteiger partial charge in [0.25, 0.3) is 0 Å². The van der Waals surface area contributed by atoms with Gasteiger partial charge < -0.3 is 24.7 Å². The van der Waals surface area contributed by atoms with E-state index in [0.717, 1.165) is 9.13 Å². The molecule has 0 fully saturated rings. The molecule has 1 atom stereocenters. The number of ketones is 1. The number of carbonyl (C=O) groups is 2. The van der Waals surface area contributed by atoms with Crippen molar-refractivity contribution in [3.05, 3.63) is 78.9 Å². The average molecular weight is 610 g/mol. The van der Waals surface area contributed by atoms with Crippen molar-refractivity contribution in [1.29, 1.82) is 0 Å². The third-order valence-corrected chi connectivity index (χ3v) is 7.05. The SMILES string of the molecule is CCOc1cc([C@H]2C(C(=O)OC)=C(N)OC3=C2C(=O)CCC3)cc(I)c1OCc1ccccc1Cl. The van der Waals surface area contributed by atoms with E-state index in [1.807, 2.05) is 31.2 Å². The van der Waals surface area contributed by atoms with E-state index in [9.17, 15) is 9.59 Å². The molecule has 0 saturated heterocycles. The summed E-state index contributed by atoms with van der Waals surface area (Å²) >= 11 is 8.44. The third kappa shape index (κ3) is 5.13. The number of carbonyl (C=O) groups excluding carboxylic acids is 2. The number of esters is 1. The van der Waals surface area contributed by atoms with Gasteiger partial charge in [-0.05, 0) is 59.7 Å². The van der Waals surface area contributed by atoms with Crippen LogP contribution in [-0.2, 0) is 25.7 Å². The highest BCUT2D eigenvalue weighted by Gasteiger charge is 2.41. The number of methoxy groups -OCH3 is 1. The van der Waals surface area contributed by atoms with E-state index in [0.29, 0.717) is 59.3 Å². The highest BCUT2D eigenvalue weighted by atomic mass is 127. The molecule has 0 aromatic heterocycles. The molecule has 2 N–H and O–H groups in total. The first-order chi connectivity index (χ1) is 16.8. The number of hydrogen-bond acceptors (Lipinski definition) is 7. The summed E-state index contributed by atoms with van der Waals surface area (Å²) in [7, 11) is 1.27. The van der Waals surface area contributed by atoms with E-state index >= 15 is 0 Å². The molecule has 0 bridgehead atoms. The van der Waals surface area contributed by atoms with Crippen molar-refractivity contribution >= 4 is 45.9 Å². The molecular formula is C26H25ClINO6. The van der Waals surface area contributed by atoms with E-state index in [-0.39, 0.29) is 23.8 Å². The number of hydrogen-bond donors (Lipinski definition) is 1. The molecule has 0 saturated carbocycles. The fourth-order valence-electron chi connectivity index (χ4n) is 4.32. The summed E-state index contributed by atoms with van der Waals surface area (Å²) in [5.41, 5.74) is 8.21. The zero-order valence-electron chi connectivity index (χ0n) is 19.4. The number of Topliss-reactive ketones (excluding diaryl/α,β-unsaturated/α-hetero) is 1. The van der Waals surface area contributed by atoms with E-state index in [1.165, 1.54) is 7.11 Å². The van der Waals surface area contributed by atoms with E-state index in [1.54, 1.807) is 12.1 Å². The highest BCUT2D eigenvalue weighted by molar-refractivity contribution is 14.1. The van der Waals surface area contributed by atoms with Crippen LogP contribution in [0, 0.1) is 3.57 Å². The maximum atomic E-state index is 13.0. The summed E-state index contributed by atoms with van der Waals surface area (Å²) in [6.07, 6.45) is 1.62. The van der Waals surface area contributed by atoms with Crippen molar-refractivity contribution in [1.82, 2.24) is 0 Å². The summed E-state index contributed by atoms with van der Waals surface area (Å²) < 4.78 is 23.5. The number of nitrogens with two attached hydrogens (primary N) is 1. The van der Waals surface area contributed by atoms with Crippen LogP contribution < -0.4 is 15.2 Å². The first kappa shape index (κ1) is 25.4. The Balaban J connectivity index is 1.80. The van der Waals surface area contributed by atoms with Crippen LogP contribution in [0.15, 0.2) is 59.2 Å². The predicted octanol–water partition coefficient (Wildman–Crippen LogP) is 5.39. The second kappa shape index (κ2) is 10.9. The number of allylic oxidation sites excluding steroid dienone is 2. The predicted molar refractivity (Wildman–Crippen MR) is 139 cm³/mol. The monoisotopic (exact) mass is 609 g/mol. The number of halogens is 2. The van der Waals surface area contributed by atoms with Crippen molar-refractivity contribution in [2.45, 2.75) is 38.7 Å². The topological polar surface area (TPSA) is 97.1 Å². The Morgan fingerprint density at radius 2 is 2.00 bits per heavy atom. The van der Waals surface area contributed by atoms with Crippen molar-refractivity contribution in [3.63, 3.8) is 0 Å².